The summed E-state index contributed by atoms with van der Waals surface area (Å²) in [5, 5.41) is 8.09. The Morgan fingerprint density at radius 2 is 0.923 bits per heavy atom. The number of benzene rings is 2. The third kappa shape index (κ3) is 12.4. The molecule has 2 saturated carbocycles. The molecule has 0 aliphatic heterocycles. The molecule has 2 aromatic rings. The van der Waals surface area contributed by atoms with Gasteiger partial charge in [0.05, 0.1) is 0 Å². The molecule has 2 aliphatic carbocycles. The number of carbonyl (C=O) groups is 2. The molecular formula is C32H30FeN4O2+2. The maximum Gasteiger partial charge on any atom is 2.00 e. The molecule has 0 bridgehead atoms. The van der Waals surface area contributed by atoms with Gasteiger partial charge < -0.3 is 0 Å². The number of carbonyl (C=O) groups excluding carboxylic acids is 2. The molecule has 2 amide bonds. The van der Waals surface area contributed by atoms with E-state index in [4.69, 9.17) is 0 Å². The zero-order chi connectivity index (χ0) is 27.0. The Morgan fingerprint density at radius 3 is 1.26 bits per heavy atom. The van der Waals surface area contributed by atoms with Crippen LogP contribution in [0.2, 0.25) is 0 Å². The minimum Gasteiger partial charge on any atom is -0.268 e. The van der Waals surface area contributed by atoms with Gasteiger partial charge in [-0.2, -0.15) is 10.2 Å². The van der Waals surface area contributed by atoms with E-state index in [-0.39, 0.29) is 28.9 Å². The van der Waals surface area contributed by atoms with E-state index in [0.717, 1.165) is 34.4 Å². The topological polar surface area (TPSA) is 82.9 Å². The largest absolute Gasteiger partial charge is 2.00 e. The molecule has 0 atom stereocenters. The summed E-state index contributed by atoms with van der Waals surface area (Å²) < 4.78 is 0. The number of hydrazone groups is 2. The van der Waals surface area contributed by atoms with Crippen LogP contribution in [0.15, 0.2) is 83.0 Å². The van der Waals surface area contributed by atoms with Gasteiger partial charge in [-0.05, 0) is 88.5 Å². The van der Waals surface area contributed by atoms with Crippen LogP contribution >= 0.6 is 0 Å². The minimum absolute atomic E-state index is 0. The van der Waals surface area contributed by atoms with Gasteiger partial charge in [-0.15, -0.1) is 0 Å². The van der Waals surface area contributed by atoms with Crippen molar-refractivity contribution in [3.05, 3.63) is 147 Å². The summed E-state index contributed by atoms with van der Waals surface area (Å²) in [5.74, 6) is 1.53. The third-order valence-electron chi connectivity index (χ3n) is 5.28. The second kappa shape index (κ2) is 18.1. The van der Waals surface area contributed by atoms with Crippen molar-refractivity contribution in [2.24, 2.45) is 10.2 Å². The fraction of sp³-hybridized carbons (Fsp3) is 0.0625. The molecule has 0 heterocycles. The number of nitrogens with one attached hydrogen (secondary N) is 2. The molecule has 6 nitrogen and oxygen atoms in total. The second-order valence-corrected chi connectivity index (χ2v) is 8.18. The molecule has 0 spiro atoms. The number of hydrogen-bond donors (Lipinski definition) is 2. The minimum atomic E-state index is -0.241. The summed E-state index contributed by atoms with van der Waals surface area (Å²) in [4.78, 5) is 23.2. The van der Waals surface area contributed by atoms with E-state index in [1.165, 1.54) is 12.2 Å². The van der Waals surface area contributed by atoms with Crippen LogP contribution in [0.5, 0.6) is 0 Å². The molecule has 0 saturated heterocycles. The predicted octanol–water partition coefficient (Wildman–Crippen LogP) is 5.19. The maximum atomic E-state index is 11.6. The van der Waals surface area contributed by atoms with E-state index in [1.807, 2.05) is 126 Å². The first kappa shape index (κ1) is 31.9. The molecular weight excluding hydrogens is 528 g/mol. The zero-order valence-corrected chi connectivity index (χ0v) is 22.9. The van der Waals surface area contributed by atoms with E-state index in [2.05, 4.69) is 21.1 Å². The first-order chi connectivity index (χ1) is 18.5. The number of amides is 2. The van der Waals surface area contributed by atoms with E-state index in [9.17, 15) is 9.59 Å². The summed E-state index contributed by atoms with van der Waals surface area (Å²) in [6, 6.07) is 19.3. The van der Waals surface area contributed by atoms with Crippen LogP contribution in [-0.2, 0) is 26.7 Å². The molecule has 196 valence electrons. The summed E-state index contributed by atoms with van der Waals surface area (Å²) in [6.07, 6.45) is 22.0. The van der Waals surface area contributed by atoms with Crippen LogP contribution in [-0.4, -0.2) is 23.2 Å². The first-order valence-corrected chi connectivity index (χ1v) is 12.1. The van der Waals surface area contributed by atoms with Gasteiger partial charge in [-0.3, -0.25) is 9.59 Å². The Balaban J connectivity index is 0.000000267. The number of nitrogens with zero attached hydrogens (tertiary/aromatic N) is 2. The van der Waals surface area contributed by atoms with Gasteiger partial charge in [-0.1, -0.05) is 60.7 Å². The molecule has 2 fully saturated rings. The van der Waals surface area contributed by atoms with Gasteiger partial charge in [0.1, 0.15) is 0 Å². The van der Waals surface area contributed by atoms with Gasteiger partial charge in [0.2, 0.25) is 0 Å². The van der Waals surface area contributed by atoms with Gasteiger partial charge in [0.15, 0.2) is 0 Å². The normalized spacial score (nSPS) is 16.6. The van der Waals surface area contributed by atoms with Crippen LogP contribution in [0.3, 0.4) is 0 Å². The Hall–Kier alpha value is -3.28. The van der Waals surface area contributed by atoms with Crippen molar-refractivity contribution >= 4 is 35.4 Å². The fourth-order valence-electron chi connectivity index (χ4n) is 3.18. The molecule has 4 rings (SSSR count). The molecule has 2 aliphatic rings. The first-order valence-electron chi connectivity index (χ1n) is 12.1. The second-order valence-electron chi connectivity index (χ2n) is 8.18. The monoisotopic (exact) mass is 558 g/mol. The van der Waals surface area contributed by atoms with Crippen LogP contribution in [0.25, 0.3) is 12.2 Å². The SMILES string of the molecule is C/C(=N\NC(=O)/C=C/c1ccccc1)[C]1[CH][CH][CH][CH]1.C/C(=N\NC(=O)/C=C/c1ccccc1)[C]1[CH][CH][CH][CH]1.[Fe+2]. The average molecular weight is 558 g/mol. The summed E-state index contributed by atoms with van der Waals surface area (Å²) >= 11 is 0. The van der Waals surface area contributed by atoms with Gasteiger partial charge in [-0.25, -0.2) is 10.9 Å². The van der Waals surface area contributed by atoms with Gasteiger partial charge in [0.25, 0.3) is 11.8 Å². The number of hydrogen-bond acceptors (Lipinski definition) is 4. The van der Waals surface area contributed by atoms with Crippen LogP contribution < -0.4 is 10.9 Å². The smallest absolute Gasteiger partial charge is 0.268 e. The molecule has 2 aromatic carbocycles. The van der Waals surface area contributed by atoms with Crippen molar-refractivity contribution in [3.63, 3.8) is 0 Å². The zero-order valence-electron chi connectivity index (χ0n) is 21.8. The molecule has 0 aromatic heterocycles. The van der Waals surface area contributed by atoms with Crippen LogP contribution in [0, 0.1) is 63.2 Å². The molecule has 39 heavy (non-hydrogen) atoms. The van der Waals surface area contributed by atoms with Crippen molar-refractivity contribution < 1.29 is 26.7 Å². The molecule has 7 heteroatoms. The predicted molar refractivity (Wildman–Crippen MR) is 154 cm³/mol. The molecule has 0 unspecified atom stereocenters. The molecule has 10 radical (unpaired) electrons. The maximum absolute atomic E-state index is 11.6. The number of rotatable bonds is 8. The van der Waals surface area contributed by atoms with Gasteiger partial charge >= 0.3 is 17.1 Å². The van der Waals surface area contributed by atoms with Crippen molar-refractivity contribution in [2.75, 3.05) is 0 Å². The van der Waals surface area contributed by atoms with E-state index in [0.29, 0.717) is 0 Å². The standard InChI is InChI=1S/2C16H15N2O.Fe/c2*1-13(15-9-5-6-10-15)17-18-16(19)12-11-14-7-3-2-4-8-14;/h2*2-12H,1H3,(H,18,19);/q;;+2/b2*12-11+,17-13+;. The summed E-state index contributed by atoms with van der Waals surface area (Å²) in [7, 11) is 0. The van der Waals surface area contributed by atoms with Crippen LogP contribution in [0.4, 0.5) is 0 Å². The molecule has 2 N–H and O–H groups in total. The van der Waals surface area contributed by atoms with E-state index < -0.39 is 0 Å². The fourth-order valence-corrected chi connectivity index (χ4v) is 3.18. The Bertz CT molecular complexity index is 1040. The quantitative estimate of drug-likeness (QED) is 0.202. The van der Waals surface area contributed by atoms with Crippen molar-refractivity contribution in [1.82, 2.24) is 10.9 Å². The Labute approximate surface area is 243 Å². The Kier molecular flexibility index (Phi) is 14.8. The third-order valence-corrected chi connectivity index (χ3v) is 5.28. The van der Waals surface area contributed by atoms with E-state index >= 15 is 0 Å². The van der Waals surface area contributed by atoms with Crippen molar-refractivity contribution in [2.45, 2.75) is 13.8 Å². The van der Waals surface area contributed by atoms with Crippen LogP contribution in [0.1, 0.15) is 25.0 Å². The van der Waals surface area contributed by atoms with Crippen molar-refractivity contribution in [3.8, 4) is 0 Å². The Morgan fingerprint density at radius 1 is 0.590 bits per heavy atom. The summed E-state index contributed by atoms with van der Waals surface area (Å²) in [6.45, 7) is 3.72. The van der Waals surface area contributed by atoms with Gasteiger partial charge in [0, 0.05) is 35.4 Å². The summed E-state index contributed by atoms with van der Waals surface area (Å²) in [5.41, 5.74) is 8.54. The average Bonchev–Trinajstić information content (AvgIpc) is 3.69. The van der Waals surface area contributed by atoms with Crippen molar-refractivity contribution in [1.29, 1.82) is 0 Å². The van der Waals surface area contributed by atoms with E-state index in [1.54, 1.807) is 12.2 Å².